The van der Waals surface area contributed by atoms with Gasteiger partial charge in [0.05, 0.1) is 0 Å². The zero-order valence-corrected chi connectivity index (χ0v) is 11.9. The highest BCUT2D eigenvalue weighted by molar-refractivity contribution is 6.06. The molecule has 1 unspecified atom stereocenters. The molecule has 102 valence electrons. The maximum Gasteiger partial charge on any atom is 0.249 e. The molecule has 0 bridgehead atoms. The topological polar surface area (TPSA) is 49.4 Å². The summed E-state index contributed by atoms with van der Waals surface area (Å²) < 4.78 is 0. The maximum atomic E-state index is 12.1. The van der Waals surface area contributed by atoms with Crippen molar-refractivity contribution in [2.24, 2.45) is 0 Å². The van der Waals surface area contributed by atoms with Crippen LogP contribution in [0, 0.1) is 0 Å². The van der Waals surface area contributed by atoms with E-state index < -0.39 is 6.04 Å². The van der Waals surface area contributed by atoms with Gasteiger partial charge in [0.25, 0.3) is 0 Å². The summed E-state index contributed by atoms with van der Waals surface area (Å²) in [5.41, 5.74) is 2.06. The Labute approximate surface area is 113 Å². The quantitative estimate of drug-likeness (QED) is 0.837. The predicted octanol–water partition coefficient (Wildman–Crippen LogP) is 1.84. The molecule has 0 saturated carbocycles. The summed E-state index contributed by atoms with van der Waals surface area (Å²) in [6.07, 6.45) is 0. The van der Waals surface area contributed by atoms with E-state index in [-0.39, 0.29) is 23.8 Å². The normalized spacial score (nSPS) is 20.4. The summed E-state index contributed by atoms with van der Waals surface area (Å²) in [5.74, 6) is -0.185. The third kappa shape index (κ3) is 2.78. The second-order valence-electron chi connectivity index (χ2n) is 6.01. The number of hydrogen-bond acceptors (Lipinski definition) is 2. The van der Waals surface area contributed by atoms with Crippen LogP contribution in [0.5, 0.6) is 0 Å². The molecule has 4 nitrogen and oxygen atoms in total. The van der Waals surface area contributed by atoms with Crippen molar-refractivity contribution in [1.82, 2.24) is 5.32 Å². The lowest BCUT2D eigenvalue weighted by Gasteiger charge is -2.31. The highest BCUT2D eigenvalue weighted by Crippen LogP contribution is 2.25. The number of anilines is 1. The number of carbonyl (C=O) groups is 2. The van der Waals surface area contributed by atoms with Gasteiger partial charge in [0.1, 0.15) is 12.6 Å². The summed E-state index contributed by atoms with van der Waals surface area (Å²) in [4.78, 5) is 25.1. The molecule has 19 heavy (non-hydrogen) atoms. The summed E-state index contributed by atoms with van der Waals surface area (Å²) in [5, 5.41) is 2.63. The van der Waals surface area contributed by atoms with E-state index in [1.807, 2.05) is 24.3 Å². The molecular formula is C15H20N2O2. The summed E-state index contributed by atoms with van der Waals surface area (Å²) in [7, 11) is 0. The van der Waals surface area contributed by atoms with Crippen molar-refractivity contribution in [2.45, 2.75) is 39.2 Å². The predicted molar refractivity (Wildman–Crippen MR) is 75.1 cm³/mol. The average Bonchev–Trinajstić information content (AvgIpc) is 2.33. The number of nitrogens with one attached hydrogen (secondary N) is 1. The van der Waals surface area contributed by atoms with Gasteiger partial charge in [-0.3, -0.25) is 9.59 Å². The first-order valence-corrected chi connectivity index (χ1v) is 6.50. The molecule has 0 spiro atoms. The second kappa shape index (κ2) is 4.68. The van der Waals surface area contributed by atoms with Gasteiger partial charge in [0, 0.05) is 5.69 Å². The molecule has 4 heteroatoms. The SMILES string of the molecule is CC1NC(=O)CN(c2ccc(C(C)(C)C)cc2)C1=O. The Balaban J connectivity index is 2.27. The number of nitrogens with zero attached hydrogens (tertiary/aromatic N) is 1. The second-order valence-corrected chi connectivity index (χ2v) is 6.01. The lowest BCUT2D eigenvalue weighted by molar-refractivity contribution is -0.130. The van der Waals surface area contributed by atoms with Crippen LogP contribution in [-0.2, 0) is 15.0 Å². The molecule has 1 aliphatic rings. The van der Waals surface area contributed by atoms with Crippen LogP contribution in [0.3, 0.4) is 0 Å². The molecule has 1 atom stereocenters. The minimum atomic E-state index is -0.455. The minimum Gasteiger partial charge on any atom is -0.343 e. The van der Waals surface area contributed by atoms with Gasteiger partial charge in [-0.2, -0.15) is 0 Å². The molecule has 1 N–H and O–H groups in total. The van der Waals surface area contributed by atoms with E-state index in [2.05, 4.69) is 26.1 Å². The van der Waals surface area contributed by atoms with Crippen molar-refractivity contribution in [3.05, 3.63) is 29.8 Å². The first kappa shape index (κ1) is 13.6. The summed E-state index contributed by atoms with van der Waals surface area (Å²) in [6.45, 7) is 8.23. The summed E-state index contributed by atoms with van der Waals surface area (Å²) >= 11 is 0. The zero-order valence-electron chi connectivity index (χ0n) is 11.9. The monoisotopic (exact) mass is 260 g/mol. The third-order valence-electron chi connectivity index (χ3n) is 3.36. The van der Waals surface area contributed by atoms with Gasteiger partial charge in [-0.05, 0) is 30.0 Å². The molecular weight excluding hydrogens is 240 g/mol. The molecule has 1 aromatic carbocycles. The molecule has 0 aromatic heterocycles. The van der Waals surface area contributed by atoms with E-state index >= 15 is 0 Å². The largest absolute Gasteiger partial charge is 0.343 e. The van der Waals surface area contributed by atoms with Crippen LogP contribution in [0.4, 0.5) is 5.69 Å². The molecule has 0 radical (unpaired) electrons. The van der Waals surface area contributed by atoms with E-state index in [0.717, 1.165) is 5.69 Å². The molecule has 1 saturated heterocycles. The van der Waals surface area contributed by atoms with E-state index in [0.29, 0.717) is 0 Å². The molecule has 1 fully saturated rings. The minimum absolute atomic E-state index is 0.0666. The van der Waals surface area contributed by atoms with Crippen molar-refractivity contribution in [3.8, 4) is 0 Å². The van der Waals surface area contributed by atoms with Crippen LogP contribution in [-0.4, -0.2) is 24.4 Å². The van der Waals surface area contributed by atoms with Crippen LogP contribution < -0.4 is 10.2 Å². The van der Waals surface area contributed by atoms with Crippen LogP contribution in [0.25, 0.3) is 0 Å². The van der Waals surface area contributed by atoms with Crippen molar-refractivity contribution in [3.63, 3.8) is 0 Å². The Morgan fingerprint density at radius 1 is 1.16 bits per heavy atom. The maximum absolute atomic E-state index is 12.1. The number of benzene rings is 1. The fraction of sp³-hybridized carbons (Fsp3) is 0.467. The highest BCUT2D eigenvalue weighted by atomic mass is 16.2. The van der Waals surface area contributed by atoms with Crippen LogP contribution in [0.15, 0.2) is 24.3 Å². The van der Waals surface area contributed by atoms with Gasteiger partial charge in [0.15, 0.2) is 0 Å². The van der Waals surface area contributed by atoms with Crippen molar-refractivity contribution in [1.29, 1.82) is 0 Å². The molecule has 1 aliphatic heterocycles. The Morgan fingerprint density at radius 2 is 1.74 bits per heavy atom. The van der Waals surface area contributed by atoms with Crippen molar-refractivity contribution >= 4 is 17.5 Å². The smallest absolute Gasteiger partial charge is 0.249 e. The number of rotatable bonds is 1. The number of piperazine rings is 1. The fourth-order valence-electron chi connectivity index (χ4n) is 2.16. The van der Waals surface area contributed by atoms with Crippen LogP contribution in [0.1, 0.15) is 33.3 Å². The lowest BCUT2D eigenvalue weighted by Crippen LogP contribution is -2.57. The van der Waals surface area contributed by atoms with Gasteiger partial charge in [-0.1, -0.05) is 32.9 Å². The first-order valence-electron chi connectivity index (χ1n) is 6.50. The molecule has 2 amide bonds. The number of amides is 2. The van der Waals surface area contributed by atoms with Gasteiger partial charge in [-0.15, -0.1) is 0 Å². The number of carbonyl (C=O) groups excluding carboxylic acids is 2. The average molecular weight is 260 g/mol. The Morgan fingerprint density at radius 3 is 2.26 bits per heavy atom. The molecule has 1 heterocycles. The van der Waals surface area contributed by atoms with Crippen LogP contribution in [0.2, 0.25) is 0 Å². The first-order chi connectivity index (χ1) is 8.79. The fourth-order valence-corrected chi connectivity index (χ4v) is 2.16. The Kier molecular flexibility index (Phi) is 3.35. The lowest BCUT2D eigenvalue weighted by atomic mass is 9.87. The third-order valence-corrected chi connectivity index (χ3v) is 3.36. The standard InChI is InChI=1S/C15H20N2O2/c1-10-14(19)17(9-13(18)16-10)12-7-5-11(6-8-12)15(2,3)4/h5-8,10H,9H2,1-4H3,(H,16,18). The van der Waals surface area contributed by atoms with E-state index in [1.54, 1.807) is 6.92 Å². The van der Waals surface area contributed by atoms with Gasteiger partial charge in [-0.25, -0.2) is 0 Å². The van der Waals surface area contributed by atoms with Crippen molar-refractivity contribution in [2.75, 3.05) is 11.4 Å². The van der Waals surface area contributed by atoms with Crippen LogP contribution >= 0.6 is 0 Å². The summed E-state index contributed by atoms with van der Waals surface area (Å²) in [6, 6.07) is 7.39. The van der Waals surface area contributed by atoms with Gasteiger partial charge >= 0.3 is 0 Å². The zero-order chi connectivity index (χ0) is 14.2. The molecule has 0 aliphatic carbocycles. The van der Waals surface area contributed by atoms with E-state index in [1.165, 1.54) is 10.5 Å². The van der Waals surface area contributed by atoms with Gasteiger partial charge in [0.2, 0.25) is 11.8 Å². The molecule has 1 aromatic rings. The highest BCUT2D eigenvalue weighted by Gasteiger charge is 2.30. The van der Waals surface area contributed by atoms with Gasteiger partial charge < -0.3 is 10.2 Å². The number of hydrogen-bond donors (Lipinski definition) is 1. The van der Waals surface area contributed by atoms with E-state index in [9.17, 15) is 9.59 Å². The van der Waals surface area contributed by atoms with Crippen molar-refractivity contribution < 1.29 is 9.59 Å². The van der Waals surface area contributed by atoms with E-state index in [4.69, 9.17) is 0 Å². The Hall–Kier alpha value is -1.84. The Bertz CT molecular complexity index is 500. The molecule has 2 rings (SSSR count).